The number of carbonyl (C=O) groups is 3. The van der Waals surface area contributed by atoms with Gasteiger partial charge in [0.15, 0.2) is 0 Å². The Morgan fingerprint density at radius 2 is 2.06 bits per heavy atom. The number of fused-ring (bicyclic) bond motifs is 1. The molecule has 0 radical (unpaired) electrons. The maximum atomic E-state index is 14.5. The van der Waals surface area contributed by atoms with Gasteiger partial charge in [0.2, 0.25) is 5.91 Å². The third-order valence-corrected chi connectivity index (χ3v) is 8.25. The molecule has 196 valence electrons. The van der Waals surface area contributed by atoms with Crippen molar-refractivity contribution in [1.29, 1.82) is 0 Å². The normalized spacial score (nSPS) is 30.4. The van der Waals surface area contributed by atoms with Crippen molar-refractivity contribution < 1.29 is 29.0 Å². The maximum absolute atomic E-state index is 14.5. The van der Waals surface area contributed by atoms with E-state index in [1.54, 1.807) is 22.8 Å². The summed E-state index contributed by atoms with van der Waals surface area (Å²) in [5.74, 6) is -2.51. The first-order valence-corrected chi connectivity index (χ1v) is 13.0. The van der Waals surface area contributed by atoms with E-state index in [1.165, 1.54) is 0 Å². The van der Waals surface area contributed by atoms with E-state index in [1.807, 2.05) is 39.0 Å². The highest BCUT2D eigenvalue weighted by atomic mass is 16.6. The molecule has 8 heteroatoms. The first kappa shape index (κ1) is 26.4. The summed E-state index contributed by atoms with van der Waals surface area (Å²) in [5.41, 5.74) is 0.764. The van der Waals surface area contributed by atoms with Gasteiger partial charge in [0.1, 0.15) is 17.6 Å². The minimum Gasteiger partial charge on any atom is -0.466 e. The molecule has 3 fully saturated rings. The lowest BCUT2D eigenvalue weighted by Gasteiger charge is -2.37. The minimum atomic E-state index is -1.12. The number of aliphatic hydroxyl groups excluding tert-OH is 1. The van der Waals surface area contributed by atoms with Crippen molar-refractivity contribution in [3.05, 3.63) is 42.0 Å². The molecule has 3 aliphatic rings. The number of likely N-dealkylation sites (tertiary alicyclic amines) is 1. The van der Waals surface area contributed by atoms with E-state index < -0.39 is 35.0 Å². The molecule has 1 aromatic rings. The van der Waals surface area contributed by atoms with E-state index in [9.17, 15) is 19.5 Å². The zero-order valence-corrected chi connectivity index (χ0v) is 21.8. The minimum absolute atomic E-state index is 0.114. The lowest BCUT2D eigenvalue weighted by Crippen LogP contribution is -2.56. The predicted molar refractivity (Wildman–Crippen MR) is 135 cm³/mol. The molecule has 2 unspecified atom stereocenters. The number of rotatable bonds is 10. The molecule has 2 amide bonds. The molecule has 8 nitrogen and oxygen atoms in total. The molecule has 2 bridgehead atoms. The van der Waals surface area contributed by atoms with Gasteiger partial charge in [-0.3, -0.25) is 14.4 Å². The average Bonchev–Trinajstić information content (AvgIpc) is 3.46. The second-order valence-electron chi connectivity index (χ2n) is 10.2. The van der Waals surface area contributed by atoms with Crippen LogP contribution in [-0.4, -0.2) is 71.3 Å². The van der Waals surface area contributed by atoms with Gasteiger partial charge in [-0.1, -0.05) is 25.1 Å². The summed E-state index contributed by atoms with van der Waals surface area (Å²) >= 11 is 0. The van der Waals surface area contributed by atoms with Crippen LogP contribution in [-0.2, 0) is 23.9 Å². The smallest absolute Gasteiger partial charge is 0.312 e. The van der Waals surface area contributed by atoms with Crippen LogP contribution < -0.4 is 4.90 Å². The number of amides is 2. The second kappa shape index (κ2) is 9.98. The highest BCUT2D eigenvalue weighted by Crippen LogP contribution is 2.64. The highest BCUT2D eigenvalue weighted by molar-refractivity contribution is 6.05. The number of benzene rings is 1. The van der Waals surface area contributed by atoms with E-state index in [4.69, 9.17) is 9.47 Å². The molecule has 1 aromatic carbocycles. The van der Waals surface area contributed by atoms with Crippen LogP contribution in [0.15, 0.2) is 30.9 Å². The van der Waals surface area contributed by atoms with Gasteiger partial charge < -0.3 is 24.4 Å². The van der Waals surface area contributed by atoms with E-state index in [-0.39, 0.29) is 38.1 Å². The zero-order valence-electron chi connectivity index (χ0n) is 21.8. The van der Waals surface area contributed by atoms with Crippen molar-refractivity contribution in [1.82, 2.24) is 4.90 Å². The Hall–Kier alpha value is -2.71. The van der Waals surface area contributed by atoms with Crippen LogP contribution in [0.25, 0.3) is 0 Å². The number of aliphatic hydroxyl groups is 1. The fraction of sp³-hybridized carbons (Fsp3) is 0.607. The summed E-state index contributed by atoms with van der Waals surface area (Å²) in [6, 6.07) is 5.02. The molecule has 0 aliphatic carbocycles. The quantitative estimate of drug-likeness (QED) is 0.394. The molecule has 4 rings (SSSR count). The van der Waals surface area contributed by atoms with Crippen molar-refractivity contribution in [2.24, 2.45) is 11.8 Å². The Labute approximate surface area is 213 Å². The Kier molecular flexibility index (Phi) is 7.30. The number of ether oxygens (including phenoxy) is 2. The first-order chi connectivity index (χ1) is 17.2. The van der Waals surface area contributed by atoms with Gasteiger partial charge in [-0.25, -0.2) is 0 Å². The Morgan fingerprint density at radius 1 is 1.31 bits per heavy atom. The van der Waals surface area contributed by atoms with E-state index in [2.05, 4.69) is 6.58 Å². The number of carbonyl (C=O) groups excluding carboxylic acids is 3. The summed E-state index contributed by atoms with van der Waals surface area (Å²) in [5, 5.41) is 9.55. The summed E-state index contributed by atoms with van der Waals surface area (Å²) in [4.78, 5) is 44.9. The van der Waals surface area contributed by atoms with Gasteiger partial charge in [0.25, 0.3) is 5.91 Å². The molecule has 36 heavy (non-hydrogen) atoms. The number of hydrogen-bond donors (Lipinski definition) is 1. The van der Waals surface area contributed by atoms with E-state index >= 15 is 0 Å². The molecular weight excluding hydrogens is 460 g/mol. The number of aryl methyl sites for hydroxylation is 2. The van der Waals surface area contributed by atoms with Gasteiger partial charge in [-0.05, 0) is 63.6 Å². The zero-order chi connectivity index (χ0) is 26.3. The molecule has 0 saturated carbocycles. The van der Waals surface area contributed by atoms with Crippen LogP contribution in [0, 0.1) is 25.7 Å². The van der Waals surface area contributed by atoms with Crippen LogP contribution >= 0.6 is 0 Å². The van der Waals surface area contributed by atoms with E-state index in [0.717, 1.165) is 16.8 Å². The van der Waals surface area contributed by atoms with Crippen LogP contribution in [0.2, 0.25) is 0 Å². The standard InChI is InChI=1S/C28H38N2O6/c1-6-14-29(20-17-18(4)10-11-19(20)5)25(33)23-28-13-12-27(7-2,36-28)22(26(34)35-8-3)21(28)24(32)30(23)15-9-16-31/h6,10-11,17,21-23,31H,1,7-9,12-16H2,2-5H3/t21-,22-,23?,27+,28?/m0/s1. The fourth-order valence-corrected chi connectivity index (χ4v) is 6.66. The molecule has 0 aromatic heterocycles. The average molecular weight is 499 g/mol. The Balaban J connectivity index is 1.83. The van der Waals surface area contributed by atoms with Crippen molar-refractivity contribution in [3.63, 3.8) is 0 Å². The monoisotopic (exact) mass is 498 g/mol. The number of nitrogens with zero attached hydrogens (tertiary/aromatic N) is 2. The van der Waals surface area contributed by atoms with Gasteiger partial charge in [-0.15, -0.1) is 6.58 Å². The Morgan fingerprint density at radius 3 is 2.69 bits per heavy atom. The van der Waals surface area contributed by atoms with Gasteiger partial charge in [-0.2, -0.15) is 0 Å². The molecule has 3 saturated heterocycles. The molecule has 3 heterocycles. The van der Waals surface area contributed by atoms with Crippen molar-refractivity contribution in [2.45, 2.75) is 70.6 Å². The van der Waals surface area contributed by atoms with Crippen molar-refractivity contribution in [3.8, 4) is 0 Å². The van der Waals surface area contributed by atoms with Gasteiger partial charge in [0, 0.05) is 25.4 Å². The molecule has 5 atom stereocenters. The topological polar surface area (TPSA) is 96.4 Å². The van der Waals surface area contributed by atoms with Gasteiger partial charge in [0.05, 0.1) is 18.1 Å². The maximum Gasteiger partial charge on any atom is 0.312 e. The summed E-state index contributed by atoms with van der Waals surface area (Å²) < 4.78 is 12.2. The molecule has 1 spiro atoms. The second-order valence-corrected chi connectivity index (χ2v) is 10.2. The summed E-state index contributed by atoms with van der Waals surface area (Å²) in [6.07, 6.45) is 3.64. The summed E-state index contributed by atoms with van der Waals surface area (Å²) in [6.45, 7) is 12.0. The number of esters is 1. The van der Waals surface area contributed by atoms with Crippen molar-refractivity contribution >= 4 is 23.5 Å². The SMILES string of the molecule is C=CCN(C(=O)C1N(CCCO)C(=O)[C@@H]2[C@@H](C(=O)OCC)[C@@]3(CC)CCC12O3)c1cc(C)ccc1C. The number of anilines is 1. The lowest BCUT2D eigenvalue weighted by molar-refractivity contribution is -0.160. The molecule has 3 aliphatic heterocycles. The molecular formula is C28H38N2O6. The van der Waals surface area contributed by atoms with Gasteiger partial charge >= 0.3 is 5.97 Å². The van der Waals surface area contributed by atoms with Crippen LogP contribution in [0.5, 0.6) is 0 Å². The van der Waals surface area contributed by atoms with Crippen molar-refractivity contribution in [2.75, 3.05) is 31.2 Å². The van der Waals surface area contributed by atoms with Crippen LogP contribution in [0.1, 0.15) is 50.7 Å². The fourth-order valence-electron chi connectivity index (χ4n) is 6.66. The lowest BCUT2D eigenvalue weighted by atomic mass is 9.65. The predicted octanol–water partition coefficient (Wildman–Crippen LogP) is 2.92. The van der Waals surface area contributed by atoms with Crippen LogP contribution in [0.3, 0.4) is 0 Å². The Bertz CT molecular complexity index is 1060. The van der Waals surface area contributed by atoms with E-state index in [0.29, 0.717) is 25.7 Å². The highest BCUT2D eigenvalue weighted by Gasteiger charge is 2.79. The van der Waals surface area contributed by atoms with Crippen LogP contribution in [0.4, 0.5) is 5.69 Å². The third-order valence-electron chi connectivity index (χ3n) is 8.25. The number of hydrogen-bond acceptors (Lipinski definition) is 6. The summed E-state index contributed by atoms with van der Waals surface area (Å²) in [7, 11) is 0. The molecule has 1 N–H and O–H groups in total. The first-order valence-electron chi connectivity index (χ1n) is 13.0. The third kappa shape index (κ3) is 3.86. The largest absolute Gasteiger partial charge is 0.466 e.